The van der Waals surface area contributed by atoms with E-state index in [1.165, 1.54) is 6.08 Å². The minimum atomic E-state index is -4.47. The van der Waals surface area contributed by atoms with E-state index in [-0.39, 0.29) is 19.4 Å². The van der Waals surface area contributed by atoms with Gasteiger partial charge >= 0.3 is 18.1 Å². The van der Waals surface area contributed by atoms with E-state index in [9.17, 15) is 27.6 Å². The molecule has 0 aliphatic carbocycles. The van der Waals surface area contributed by atoms with E-state index >= 15 is 0 Å². The molecule has 0 aliphatic heterocycles. The van der Waals surface area contributed by atoms with Crippen LogP contribution in [0, 0.1) is 0 Å². The van der Waals surface area contributed by atoms with Crippen molar-refractivity contribution in [2.24, 2.45) is 0 Å². The molecule has 9 heteroatoms. The van der Waals surface area contributed by atoms with Crippen LogP contribution in [0.4, 0.5) is 13.2 Å². The van der Waals surface area contributed by atoms with Gasteiger partial charge in [-0.3, -0.25) is 4.79 Å². The van der Waals surface area contributed by atoms with Gasteiger partial charge in [-0.25, -0.2) is 9.59 Å². The number of halogens is 3. The zero-order valence-corrected chi connectivity index (χ0v) is 13.9. The van der Waals surface area contributed by atoms with Gasteiger partial charge in [0.25, 0.3) is 0 Å². The van der Waals surface area contributed by atoms with Gasteiger partial charge in [0, 0.05) is 6.08 Å². The minimum absolute atomic E-state index is 0.146. The van der Waals surface area contributed by atoms with Gasteiger partial charge in [0.15, 0.2) is 0 Å². The van der Waals surface area contributed by atoms with E-state index in [2.05, 4.69) is 10.1 Å². The van der Waals surface area contributed by atoms with Crippen molar-refractivity contribution in [3.8, 4) is 0 Å². The molecule has 0 saturated heterocycles. The number of benzene rings is 1. The Morgan fingerprint density at radius 3 is 2.35 bits per heavy atom. The molecular weight excluding hydrogens is 355 g/mol. The number of nitrogens with one attached hydrogen (secondary N) is 1. The molecule has 1 aromatic rings. The Bertz CT molecular complexity index is 668. The van der Waals surface area contributed by atoms with Crippen molar-refractivity contribution in [1.29, 1.82) is 0 Å². The third-order valence-electron chi connectivity index (χ3n) is 3.19. The first-order valence-electron chi connectivity index (χ1n) is 7.65. The molecule has 2 N–H and O–H groups in total. The summed E-state index contributed by atoms with van der Waals surface area (Å²) in [5.74, 6) is -2.60. The summed E-state index contributed by atoms with van der Waals surface area (Å²) in [7, 11) is 0. The summed E-state index contributed by atoms with van der Waals surface area (Å²) in [6.45, 7) is 1.79. The van der Waals surface area contributed by atoms with Crippen LogP contribution in [0.25, 0.3) is 0 Å². The Labute approximate surface area is 147 Å². The van der Waals surface area contributed by atoms with Gasteiger partial charge in [-0.05, 0) is 31.0 Å². The number of carboxylic acid groups (broad SMARTS) is 1. The number of hydrogen-bond acceptors (Lipinski definition) is 4. The van der Waals surface area contributed by atoms with E-state index in [1.807, 2.05) is 0 Å². The molecule has 6 nitrogen and oxygen atoms in total. The minimum Gasteiger partial charge on any atom is -0.480 e. The van der Waals surface area contributed by atoms with Crippen LogP contribution in [-0.2, 0) is 31.7 Å². The third kappa shape index (κ3) is 7.37. The number of ether oxygens (including phenoxy) is 1. The zero-order valence-electron chi connectivity index (χ0n) is 13.9. The van der Waals surface area contributed by atoms with Crippen LogP contribution in [0.1, 0.15) is 24.5 Å². The Morgan fingerprint density at radius 1 is 1.23 bits per heavy atom. The summed E-state index contributed by atoms with van der Waals surface area (Å²) in [6, 6.07) is 2.72. The Kier molecular flexibility index (Phi) is 7.82. The molecule has 0 unspecified atom stereocenters. The van der Waals surface area contributed by atoms with Gasteiger partial charge in [0.1, 0.15) is 6.04 Å². The van der Waals surface area contributed by atoms with Gasteiger partial charge in [0.2, 0.25) is 5.91 Å². The predicted molar refractivity (Wildman–Crippen MR) is 85.1 cm³/mol. The lowest BCUT2D eigenvalue weighted by Gasteiger charge is -2.13. The lowest BCUT2D eigenvalue weighted by molar-refractivity contribution is -0.141. The van der Waals surface area contributed by atoms with Crippen molar-refractivity contribution in [1.82, 2.24) is 5.32 Å². The molecule has 0 aliphatic rings. The Balaban J connectivity index is 2.62. The van der Waals surface area contributed by atoms with Gasteiger partial charge in [-0.15, -0.1) is 0 Å². The van der Waals surface area contributed by atoms with E-state index in [4.69, 9.17) is 5.11 Å². The highest BCUT2D eigenvalue weighted by Gasteiger charge is 2.30. The first-order chi connectivity index (χ1) is 12.1. The van der Waals surface area contributed by atoms with Crippen molar-refractivity contribution >= 4 is 17.8 Å². The van der Waals surface area contributed by atoms with Gasteiger partial charge in [-0.2, -0.15) is 13.2 Å². The highest BCUT2D eigenvalue weighted by molar-refractivity contribution is 5.85. The van der Waals surface area contributed by atoms with Crippen LogP contribution < -0.4 is 5.32 Å². The second-order valence-electron chi connectivity index (χ2n) is 5.22. The number of aliphatic carboxylic acids is 1. The largest absolute Gasteiger partial charge is 0.480 e. The molecule has 1 atom stereocenters. The number of alkyl halides is 3. The molecule has 26 heavy (non-hydrogen) atoms. The molecule has 0 aromatic heterocycles. The predicted octanol–water partition coefficient (Wildman–Crippen LogP) is 2.33. The molecule has 0 heterocycles. The van der Waals surface area contributed by atoms with E-state index in [0.717, 1.165) is 30.3 Å². The number of carbonyl (C=O) groups is 3. The van der Waals surface area contributed by atoms with Crippen molar-refractivity contribution in [3.63, 3.8) is 0 Å². The van der Waals surface area contributed by atoms with Gasteiger partial charge in [-0.1, -0.05) is 18.2 Å². The summed E-state index contributed by atoms with van der Waals surface area (Å²) in [5, 5.41) is 11.3. The molecule has 0 bridgehead atoms. The monoisotopic (exact) mass is 373 g/mol. The van der Waals surface area contributed by atoms with E-state index in [0.29, 0.717) is 5.56 Å². The topological polar surface area (TPSA) is 92.7 Å². The number of esters is 1. The Hall–Kier alpha value is -2.84. The van der Waals surface area contributed by atoms with Crippen LogP contribution in [0.3, 0.4) is 0 Å². The number of rotatable bonds is 8. The number of carboxylic acids is 1. The van der Waals surface area contributed by atoms with Crippen LogP contribution in [0.2, 0.25) is 0 Å². The van der Waals surface area contributed by atoms with Crippen molar-refractivity contribution in [2.75, 3.05) is 6.61 Å². The summed E-state index contributed by atoms with van der Waals surface area (Å²) < 4.78 is 42.1. The van der Waals surface area contributed by atoms with Crippen molar-refractivity contribution < 1.29 is 37.4 Å². The fourth-order valence-electron chi connectivity index (χ4n) is 1.95. The van der Waals surface area contributed by atoms with Gasteiger partial charge < -0.3 is 15.2 Å². The van der Waals surface area contributed by atoms with Gasteiger partial charge in [0.05, 0.1) is 18.6 Å². The quantitative estimate of drug-likeness (QED) is 0.539. The Morgan fingerprint density at radius 2 is 1.85 bits per heavy atom. The fraction of sp³-hybridized carbons (Fsp3) is 0.353. The average Bonchev–Trinajstić information content (AvgIpc) is 2.53. The van der Waals surface area contributed by atoms with Crippen molar-refractivity contribution in [2.45, 2.75) is 32.0 Å². The molecule has 0 fully saturated rings. The SMILES string of the molecule is CCOC(=O)/C=C/C[C@@H](NC(=O)Cc1ccc(C(F)(F)F)cc1)C(=O)O. The van der Waals surface area contributed by atoms with E-state index in [1.54, 1.807) is 6.92 Å². The summed E-state index contributed by atoms with van der Waals surface area (Å²) in [6.07, 6.45) is -2.58. The zero-order chi connectivity index (χ0) is 19.7. The lowest BCUT2D eigenvalue weighted by Crippen LogP contribution is -2.41. The second kappa shape index (κ2) is 9.59. The maximum atomic E-state index is 12.5. The molecule has 1 amide bonds. The molecule has 1 rings (SSSR count). The van der Waals surface area contributed by atoms with Crippen molar-refractivity contribution in [3.05, 3.63) is 47.5 Å². The smallest absolute Gasteiger partial charge is 0.416 e. The van der Waals surface area contributed by atoms with Crippen LogP contribution in [0.15, 0.2) is 36.4 Å². The average molecular weight is 373 g/mol. The molecular formula is C17H18F3NO5. The van der Waals surface area contributed by atoms with Crippen LogP contribution in [-0.4, -0.2) is 35.6 Å². The number of hydrogen-bond donors (Lipinski definition) is 2. The normalized spacial score (nSPS) is 12.6. The van der Waals surface area contributed by atoms with Crippen LogP contribution in [0.5, 0.6) is 0 Å². The highest BCUT2D eigenvalue weighted by atomic mass is 19.4. The maximum Gasteiger partial charge on any atom is 0.416 e. The molecule has 142 valence electrons. The first-order valence-corrected chi connectivity index (χ1v) is 7.65. The third-order valence-corrected chi connectivity index (χ3v) is 3.19. The summed E-state index contributed by atoms with van der Waals surface area (Å²) in [5.41, 5.74) is -0.532. The molecule has 0 radical (unpaired) electrons. The van der Waals surface area contributed by atoms with Crippen LogP contribution >= 0.6 is 0 Å². The molecule has 0 spiro atoms. The summed E-state index contributed by atoms with van der Waals surface area (Å²) in [4.78, 5) is 34.2. The molecule has 1 aromatic carbocycles. The lowest BCUT2D eigenvalue weighted by atomic mass is 10.1. The standard InChI is InChI=1S/C17H18F3NO5/c1-2-26-15(23)5-3-4-13(16(24)25)21-14(22)10-11-6-8-12(9-7-11)17(18,19)20/h3,5-9,13H,2,4,10H2,1H3,(H,21,22)(H,24,25)/b5-3+/t13-/m1/s1. The first kappa shape index (κ1) is 21.2. The second-order valence-corrected chi connectivity index (χ2v) is 5.22. The fourth-order valence-corrected chi connectivity index (χ4v) is 1.95. The number of carbonyl (C=O) groups excluding carboxylic acids is 2. The highest BCUT2D eigenvalue weighted by Crippen LogP contribution is 2.29. The summed E-state index contributed by atoms with van der Waals surface area (Å²) >= 11 is 0. The maximum absolute atomic E-state index is 12.5. The molecule has 0 saturated carbocycles. The van der Waals surface area contributed by atoms with E-state index < -0.39 is 35.6 Å². The number of amides is 1.